The number of ketones is 1. The Balaban J connectivity index is 2.05. The van der Waals surface area contributed by atoms with Crippen LogP contribution in [0, 0.1) is 0 Å². The Kier molecular flexibility index (Phi) is 3.67. The monoisotopic (exact) mass is 234 g/mol. The van der Waals surface area contributed by atoms with Crippen molar-refractivity contribution in [1.29, 1.82) is 0 Å². The molecule has 0 radical (unpaired) electrons. The Hall–Kier alpha value is -1.09. The summed E-state index contributed by atoms with van der Waals surface area (Å²) < 4.78 is 1.90. The number of hydrogen-bond donors (Lipinski definition) is 0. The molecule has 1 aromatic heterocycles. The van der Waals surface area contributed by atoms with Gasteiger partial charge in [0.05, 0.1) is 12.2 Å². The molecular weight excluding hydrogens is 212 g/mol. The molecule has 1 aliphatic heterocycles. The van der Waals surface area contributed by atoms with E-state index < -0.39 is 0 Å². The highest BCUT2D eigenvalue weighted by molar-refractivity contribution is 5.96. The molecule has 0 aromatic carbocycles. The maximum atomic E-state index is 12.2. The van der Waals surface area contributed by atoms with Gasteiger partial charge in [-0.1, -0.05) is 6.42 Å². The van der Waals surface area contributed by atoms with Crippen LogP contribution in [-0.2, 0) is 7.05 Å². The van der Waals surface area contributed by atoms with E-state index in [2.05, 4.69) is 18.7 Å². The molecule has 2 atom stereocenters. The van der Waals surface area contributed by atoms with Crippen molar-refractivity contribution in [3.63, 3.8) is 0 Å². The third-order valence-corrected chi connectivity index (χ3v) is 3.93. The second-order valence-corrected chi connectivity index (χ2v) is 5.23. The molecule has 0 spiro atoms. The molecule has 1 fully saturated rings. The first-order valence-electron chi connectivity index (χ1n) is 6.50. The highest BCUT2D eigenvalue weighted by atomic mass is 16.1. The summed E-state index contributed by atoms with van der Waals surface area (Å²) in [6, 6.07) is 4.89. The summed E-state index contributed by atoms with van der Waals surface area (Å²) >= 11 is 0. The zero-order valence-electron chi connectivity index (χ0n) is 11.0. The van der Waals surface area contributed by atoms with E-state index in [1.54, 1.807) is 0 Å². The minimum Gasteiger partial charge on any atom is -0.348 e. The van der Waals surface area contributed by atoms with Gasteiger partial charge in [0.2, 0.25) is 0 Å². The van der Waals surface area contributed by atoms with E-state index in [-0.39, 0.29) is 5.78 Å². The summed E-state index contributed by atoms with van der Waals surface area (Å²) in [4.78, 5) is 14.6. The summed E-state index contributed by atoms with van der Waals surface area (Å²) in [6.45, 7) is 5.02. The van der Waals surface area contributed by atoms with Crippen molar-refractivity contribution >= 4 is 5.78 Å². The van der Waals surface area contributed by atoms with Crippen LogP contribution in [0.25, 0.3) is 0 Å². The van der Waals surface area contributed by atoms with Crippen molar-refractivity contribution in [2.45, 2.75) is 45.2 Å². The fraction of sp³-hybridized carbons (Fsp3) is 0.643. The second kappa shape index (κ2) is 5.05. The highest BCUT2D eigenvalue weighted by Gasteiger charge is 2.27. The number of rotatable bonds is 3. The summed E-state index contributed by atoms with van der Waals surface area (Å²) in [7, 11) is 1.93. The lowest BCUT2D eigenvalue weighted by Crippen LogP contribution is -2.46. The van der Waals surface area contributed by atoms with Gasteiger partial charge in [-0.05, 0) is 38.8 Å². The van der Waals surface area contributed by atoms with Gasteiger partial charge in [0.25, 0.3) is 0 Å². The van der Waals surface area contributed by atoms with E-state index >= 15 is 0 Å². The van der Waals surface area contributed by atoms with Crippen molar-refractivity contribution < 1.29 is 4.79 Å². The van der Waals surface area contributed by atoms with E-state index in [0.717, 1.165) is 5.69 Å². The van der Waals surface area contributed by atoms with Crippen LogP contribution in [0.5, 0.6) is 0 Å². The van der Waals surface area contributed by atoms with E-state index in [4.69, 9.17) is 0 Å². The first-order valence-corrected chi connectivity index (χ1v) is 6.50. The standard InChI is InChI=1S/C14H22N2O/c1-11-6-4-7-12(2)16(11)10-14(17)13-8-5-9-15(13)3/h5,8-9,11-12H,4,6-7,10H2,1-3H3. The largest absolute Gasteiger partial charge is 0.348 e. The van der Waals surface area contributed by atoms with Gasteiger partial charge in [0, 0.05) is 25.3 Å². The molecule has 17 heavy (non-hydrogen) atoms. The predicted molar refractivity (Wildman–Crippen MR) is 69.2 cm³/mol. The molecular formula is C14H22N2O. The number of carbonyl (C=O) groups excluding carboxylic acids is 1. The second-order valence-electron chi connectivity index (χ2n) is 5.23. The van der Waals surface area contributed by atoms with E-state index in [1.807, 2.05) is 29.9 Å². The first kappa shape index (κ1) is 12.4. The van der Waals surface area contributed by atoms with Crippen LogP contribution in [0.15, 0.2) is 18.3 Å². The molecule has 2 heterocycles. The minimum atomic E-state index is 0.234. The normalized spacial score (nSPS) is 26.1. The zero-order chi connectivity index (χ0) is 12.4. The SMILES string of the molecule is CC1CCCC(C)N1CC(=O)c1cccn1C. The van der Waals surface area contributed by atoms with Gasteiger partial charge in [-0.2, -0.15) is 0 Å². The molecule has 94 valence electrons. The average molecular weight is 234 g/mol. The van der Waals surface area contributed by atoms with Crippen LogP contribution < -0.4 is 0 Å². The van der Waals surface area contributed by atoms with Gasteiger partial charge < -0.3 is 4.57 Å². The number of likely N-dealkylation sites (tertiary alicyclic amines) is 1. The third kappa shape index (κ3) is 2.60. The molecule has 3 nitrogen and oxygen atoms in total. The highest BCUT2D eigenvalue weighted by Crippen LogP contribution is 2.22. The number of carbonyl (C=O) groups is 1. The number of nitrogens with zero attached hydrogens (tertiary/aromatic N) is 2. The average Bonchev–Trinajstić information content (AvgIpc) is 2.70. The van der Waals surface area contributed by atoms with Crippen molar-refractivity contribution in [3.05, 3.63) is 24.0 Å². The molecule has 1 saturated heterocycles. The van der Waals surface area contributed by atoms with Crippen LogP contribution in [0.2, 0.25) is 0 Å². The van der Waals surface area contributed by atoms with Crippen LogP contribution in [0.1, 0.15) is 43.6 Å². The Morgan fingerprint density at radius 2 is 2.00 bits per heavy atom. The Bertz CT molecular complexity index is 387. The van der Waals surface area contributed by atoms with Crippen LogP contribution >= 0.6 is 0 Å². The maximum Gasteiger partial charge on any atom is 0.193 e. The molecule has 2 unspecified atom stereocenters. The summed E-state index contributed by atoms with van der Waals surface area (Å²) in [6.07, 6.45) is 5.64. The molecule has 1 aliphatic rings. The molecule has 0 saturated carbocycles. The van der Waals surface area contributed by atoms with Crippen molar-refractivity contribution in [2.24, 2.45) is 7.05 Å². The fourth-order valence-corrected chi connectivity index (χ4v) is 2.78. The van der Waals surface area contributed by atoms with Gasteiger partial charge in [-0.25, -0.2) is 0 Å². The number of aromatic nitrogens is 1. The lowest BCUT2D eigenvalue weighted by Gasteiger charge is -2.38. The molecule has 3 heteroatoms. The minimum absolute atomic E-state index is 0.234. The van der Waals surface area contributed by atoms with E-state index in [0.29, 0.717) is 18.6 Å². The first-order chi connectivity index (χ1) is 8.09. The number of Topliss-reactive ketones (excluding diaryl/α,β-unsaturated/α-hetero) is 1. The Morgan fingerprint density at radius 1 is 1.35 bits per heavy atom. The fourth-order valence-electron chi connectivity index (χ4n) is 2.78. The van der Waals surface area contributed by atoms with E-state index in [9.17, 15) is 4.79 Å². The predicted octanol–water partition coefficient (Wildman–Crippen LogP) is 2.47. The van der Waals surface area contributed by atoms with Gasteiger partial charge in [0.15, 0.2) is 5.78 Å². The van der Waals surface area contributed by atoms with Crippen molar-refractivity contribution in [2.75, 3.05) is 6.54 Å². The van der Waals surface area contributed by atoms with Crippen molar-refractivity contribution in [1.82, 2.24) is 9.47 Å². The van der Waals surface area contributed by atoms with Gasteiger partial charge in [-0.3, -0.25) is 9.69 Å². The molecule has 1 aromatic rings. The zero-order valence-corrected chi connectivity index (χ0v) is 11.0. The lowest BCUT2D eigenvalue weighted by atomic mass is 9.97. The summed E-state index contributed by atoms with van der Waals surface area (Å²) in [5.41, 5.74) is 0.815. The molecule has 0 bridgehead atoms. The van der Waals surface area contributed by atoms with Gasteiger partial charge in [-0.15, -0.1) is 0 Å². The maximum absolute atomic E-state index is 12.2. The smallest absolute Gasteiger partial charge is 0.193 e. The summed E-state index contributed by atoms with van der Waals surface area (Å²) in [5.74, 6) is 0.234. The van der Waals surface area contributed by atoms with Gasteiger partial charge in [0.1, 0.15) is 0 Å². The van der Waals surface area contributed by atoms with Crippen molar-refractivity contribution in [3.8, 4) is 0 Å². The Labute approximate surface area is 103 Å². The lowest BCUT2D eigenvalue weighted by molar-refractivity contribution is 0.0727. The van der Waals surface area contributed by atoms with Crippen LogP contribution in [0.4, 0.5) is 0 Å². The molecule has 2 rings (SSSR count). The quantitative estimate of drug-likeness (QED) is 0.751. The van der Waals surface area contributed by atoms with E-state index in [1.165, 1.54) is 19.3 Å². The number of aryl methyl sites for hydroxylation is 1. The number of piperidine rings is 1. The molecule has 0 amide bonds. The topological polar surface area (TPSA) is 25.2 Å². The third-order valence-electron chi connectivity index (χ3n) is 3.93. The van der Waals surface area contributed by atoms with Crippen LogP contribution in [-0.4, -0.2) is 33.9 Å². The number of hydrogen-bond acceptors (Lipinski definition) is 2. The molecule has 0 aliphatic carbocycles. The van der Waals surface area contributed by atoms with Crippen LogP contribution in [0.3, 0.4) is 0 Å². The van der Waals surface area contributed by atoms with Gasteiger partial charge >= 0.3 is 0 Å². The Morgan fingerprint density at radius 3 is 2.53 bits per heavy atom. The molecule has 0 N–H and O–H groups in total. The summed E-state index contributed by atoms with van der Waals surface area (Å²) in [5, 5.41) is 0.